The number of carbonyl (C=O) groups is 1. The molecule has 0 saturated heterocycles. The molecule has 34 heavy (non-hydrogen) atoms. The van der Waals surface area contributed by atoms with Crippen LogP contribution in [0.1, 0.15) is 52.4 Å². The molecule has 1 aromatic heterocycles. The minimum Gasteiger partial charge on any atom is -0.478 e. The summed E-state index contributed by atoms with van der Waals surface area (Å²) in [6.45, 7) is 1.48. The number of carboxylic acid groups (broad SMARTS) is 1. The number of carboxylic acids is 1. The predicted octanol–water partition coefficient (Wildman–Crippen LogP) is 5.19. The molecule has 0 amide bonds. The molecule has 1 aliphatic carbocycles. The minimum absolute atomic E-state index is 0.107. The molecule has 2 heterocycles. The van der Waals surface area contributed by atoms with Gasteiger partial charge in [-0.05, 0) is 78.7 Å². The molecular weight excluding hydrogens is 424 g/mol. The van der Waals surface area contributed by atoms with Crippen molar-refractivity contribution in [3.8, 4) is 0 Å². The highest BCUT2D eigenvalue weighted by atomic mass is 16.4. The molecule has 2 aliphatic rings. The number of aromatic nitrogens is 1. The Morgan fingerprint density at radius 1 is 1.15 bits per heavy atom. The maximum absolute atomic E-state index is 11.5. The first kappa shape index (κ1) is 22.4. The first-order chi connectivity index (χ1) is 16.6. The second kappa shape index (κ2) is 9.85. The Morgan fingerprint density at radius 2 is 1.94 bits per heavy atom. The van der Waals surface area contributed by atoms with E-state index in [-0.39, 0.29) is 11.6 Å². The van der Waals surface area contributed by atoms with E-state index >= 15 is 0 Å². The van der Waals surface area contributed by atoms with E-state index in [1.807, 2.05) is 0 Å². The molecule has 3 aromatic rings. The Hall–Kier alpha value is -3.38. The Balaban J connectivity index is 1.27. The van der Waals surface area contributed by atoms with Crippen molar-refractivity contribution in [2.45, 2.75) is 38.1 Å². The number of hydrogen-bond donors (Lipinski definition) is 3. The van der Waals surface area contributed by atoms with Crippen LogP contribution in [0.25, 0.3) is 0 Å². The fraction of sp³-hybridized carbons (Fsp3) is 0.357. The Kier molecular flexibility index (Phi) is 6.50. The highest BCUT2D eigenvalue weighted by Gasteiger charge is 2.22. The number of pyridine rings is 1. The molecule has 1 saturated carbocycles. The number of rotatable bonds is 9. The average molecular weight is 457 g/mol. The van der Waals surface area contributed by atoms with Crippen molar-refractivity contribution in [1.82, 2.24) is 10.3 Å². The van der Waals surface area contributed by atoms with Gasteiger partial charge >= 0.3 is 5.97 Å². The summed E-state index contributed by atoms with van der Waals surface area (Å²) >= 11 is 0. The van der Waals surface area contributed by atoms with Gasteiger partial charge < -0.3 is 20.6 Å². The maximum Gasteiger partial charge on any atom is 0.337 e. The summed E-state index contributed by atoms with van der Waals surface area (Å²) in [6, 6.07) is 17.3. The molecule has 176 valence electrons. The Morgan fingerprint density at radius 3 is 2.71 bits per heavy atom. The smallest absolute Gasteiger partial charge is 0.337 e. The summed E-state index contributed by atoms with van der Waals surface area (Å²) < 4.78 is 0. The van der Waals surface area contributed by atoms with Crippen LogP contribution in [0.3, 0.4) is 0 Å². The molecule has 2 aromatic carbocycles. The number of hydrogen-bond acceptors (Lipinski definition) is 5. The van der Waals surface area contributed by atoms with E-state index in [0.717, 1.165) is 18.9 Å². The summed E-state index contributed by atoms with van der Waals surface area (Å²) in [5.41, 5.74) is 7.17. The van der Waals surface area contributed by atoms with Gasteiger partial charge in [0.25, 0.3) is 0 Å². The number of nitrogens with one attached hydrogen (secondary N) is 2. The number of fused-ring (bicyclic) bond motifs is 1. The molecule has 5 rings (SSSR count). The third-order valence-electron chi connectivity index (χ3n) is 7.08. The molecule has 6 nitrogen and oxygen atoms in total. The lowest BCUT2D eigenvalue weighted by Crippen LogP contribution is -2.34. The molecule has 3 N–H and O–H groups in total. The quantitative estimate of drug-likeness (QED) is 0.411. The van der Waals surface area contributed by atoms with Gasteiger partial charge in [-0.25, -0.2) is 4.79 Å². The molecule has 0 unspecified atom stereocenters. The van der Waals surface area contributed by atoms with Gasteiger partial charge in [0.1, 0.15) is 0 Å². The van der Waals surface area contributed by atoms with Crippen molar-refractivity contribution in [3.05, 3.63) is 83.2 Å². The Bertz CT molecular complexity index is 1160. The van der Waals surface area contributed by atoms with Gasteiger partial charge in [-0.15, -0.1) is 0 Å². The third-order valence-corrected chi connectivity index (χ3v) is 7.08. The number of aromatic carboxylic acids is 1. The predicted molar refractivity (Wildman–Crippen MR) is 136 cm³/mol. The van der Waals surface area contributed by atoms with Crippen molar-refractivity contribution in [1.29, 1.82) is 0 Å². The topological polar surface area (TPSA) is 77.5 Å². The van der Waals surface area contributed by atoms with Gasteiger partial charge in [0, 0.05) is 37.2 Å². The zero-order valence-electron chi connectivity index (χ0n) is 19.6. The number of aryl methyl sites for hydroxylation is 1. The average Bonchev–Trinajstić information content (AvgIpc) is 3.70. The van der Waals surface area contributed by atoms with Crippen LogP contribution in [0.5, 0.6) is 0 Å². The Labute approximate surface area is 201 Å². The normalized spacial score (nSPS) is 17.1. The monoisotopic (exact) mass is 456 g/mol. The second-order valence-electron chi connectivity index (χ2n) is 9.45. The standard InChI is InChI=1S/C28H32N4O2/c1-32(22-8-6-20(7-9-22)5-4-19-2-3-19)23-10-11-24-21(16-23)12-15-30-27(24)18-31-26-17-29-14-13-25(26)28(33)34/h6-11,13-14,16-17,19,27,30-31H,2-5,12,15,18H2,1H3,(H,33,34)/t27-/m0/s1. The van der Waals surface area contributed by atoms with Crippen LogP contribution in [0, 0.1) is 5.92 Å². The van der Waals surface area contributed by atoms with E-state index in [2.05, 4.69) is 70.0 Å². The number of nitrogens with zero attached hydrogens (tertiary/aromatic N) is 2. The van der Waals surface area contributed by atoms with E-state index < -0.39 is 5.97 Å². The molecule has 0 radical (unpaired) electrons. The van der Waals surface area contributed by atoms with Crippen LogP contribution in [0.4, 0.5) is 17.1 Å². The summed E-state index contributed by atoms with van der Waals surface area (Å²) in [7, 11) is 2.12. The molecule has 0 spiro atoms. The zero-order valence-corrected chi connectivity index (χ0v) is 19.6. The molecule has 1 fully saturated rings. The SMILES string of the molecule is CN(c1ccc(CCC2CC2)cc1)c1ccc2c(c1)CCN[C@H]2CNc1cnccc1C(=O)O. The minimum atomic E-state index is -0.953. The summed E-state index contributed by atoms with van der Waals surface area (Å²) in [5.74, 6) is 0.0143. The van der Waals surface area contributed by atoms with Gasteiger partial charge in [0.15, 0.2) is 0 Å². The van der Waals surface area contributed by atoms with E-state index in [1.165, 1.54) is 66.0 Å². The van der Waals surface area contributed by atoms with E-state index in [9.17, 15) is 9.90 Å². The highest BCUT2D eigenvalue weighted by Crippen LogP contribution is 2.34. The first-order valence-electron chi connectivity index (χ1n) is 12.2. The van der Waals surface area contributed by atoms with E-state index in [4.69, 9.17) is 0 Å². The molecule has 1 aliphatic heterocycles. The van der Waals surface area contributed by atoms with Gasteiger partial charge in [0.05, 0.1) is 17.4 Å². The molecule has 0 bridgehead atoms. The van der Waals surface area contributed by atoms with Crippen molar-refractivity contribution < 1.29 is 9.90 Å². The van der Waals surface area contributed by atoms with Gasteiger partial charge in [-0.3, -0.25) is 4.98 Å². The third kappa shape index (κ3) is 5.07. The first-order valence-corrected chi connectivity index (χ1v) is 12.2. The molecule has 1 atom stereocenters. The molecule has 6 heteroatoms. The maximum atomic E-state index is 11.5. The number of anilines is 3. The lowest BCUT2D eigenvalue weighted by molar-refractivity contribution is 0.0697. The van der Waals surface area contributed by atoms with Crippen LogP contribution < -0.4 is 15.5 Å². The fourth-order valence-corrected chi connectivity index (χ4v) is 4.78. The van der Waals surface area contributed by atoms with E-state index in [1.54, 1.807) is 6.20 Å². The lowest BCUT2D eigenvalue weighted by Gasteiger charge is -2.29. The zero-order chi connectivity index (χ0) is 23.5. The summed E-state index contributed by atoms with van der Waals surface area (Å²) in [4.78, 5) is 17.8. The van der Waals surface area contributed by atoms with Crippen molar-refractivity contribution in [2.24, 2.45) is 5.92 Å². The van der Waals surface area contributed by atoms with Crippen molar-refractivity contribution in [3.63, 3.8) is 0 Å². The van der Waals surface area contributed by atoms with E-state index in [0.29, 0.717) is 12.2 Å². The molecular formula is C28H32N4O2. The van der Waals surface area contributed by atoms with Crippen LogP contribution in [0.15, 0.2) is 60.9 Å². The lowest BCUT2D eigenvalue weighted by atomic mass is 9.93. The van der Waals surface area contributed by atoms with Crippen LogP contribution in [-0.4, -0.2) is 36.2 Å². The van der Waals surface area contributed by atoms with Crippen LogP contribution in [-0.2, 0) is 12.8 Å². The van der Waals surface area contributed by atoms with Gasteiger partial charge in [0.2, 0.25) is 0 Å². The summed E-state index contributed by atoms with van der Waals surface area (Å²) in [5, 5.41) is 16.3. The van der Waals surface area contributed by atoms with Gasteiger partial charge in [-0.1, -0.05) is 31.0 Å². The van der Waals surface area contributed by atoms with Crippen LogP contribution >= 0.6 is 0 Å². The van der Waals surface area contributed by atoms with Crippen molar-refractivity contribution >= 4 is 23.0 Å². The van der Waals surface area contributed by atoms with Crippen LogP contribution in [0.2, 0.25) is 0 Å². The van der Waals surface area contributed by atoms with Gasteiger partial charge in [-0.2, -0.15) is 0 Å². The number of benzene rings is 2. The fourth-order valence-electron chi connectivity index (χ4n) is 4.78. The largest absolute Gasteiger partial charge is 0.478 e. The summed E-state index contributed by atoms with van der Waals surface area (Å²) in [6.07, 6.45) is 9.38. The second-order valence-corrected chi connectivity index (χ2v) is 9.45. The highest BCUT2D eigenvalue weighted by molar-refractivity contribution is 5.93. The van der Waals surface area contributed by atoms with Crippen molar-refractivity contribution in [2.75, 3.05) is 30.4 Å².